The zero-order valence-corrected chi connectivity index (χ0v) is 16.1. The molecule has 0 saturated carbocycles. The van der Waals surface area contributed by atoms with Gasteiger partial charge in [-0.25, -0.2) is 0 Å². The van der Waals surface area contributed by atoms with Gasteiger partial charge in [0.05, 0.1) is 0 Å². The second-order valence-corrected chi connectivity index (χ2v) is 7.01. The van der Waals surface area contributed by atoms with E-state index in [-0.39, 0.29) is 5.78 Å². The monoisotopic (exact) mass is 375 g/mol. The molecular formula is C24H22ClNO. The summed E-state index contributed by atoms with van der Waals surface area (Å²) in [5, 5.41) is 0.660. The molecule has 0 saturated heterocycles. The molecule has 0 amide bonds. The first kappa shape index (κ1) is 19.1. The topological polar surface area (TPSA) is 20.3 Å². The van der Waals surface area contributed by atoms with Gasteiger partial charge >= 0.3 is 0 Å². The highest BCUT2D eigenvalue weighted by atomic mass is 35.5. The number of likely N-dealkylation sites (N-methyl/N-ethyl adjacent to an activating group) is 1. The lowest BCUT2D eigenvalue weighted by molar-refractivity contribution is 0.102. The van der Waals surface area contributed by atoms with Crippen LogP contribution >= 0.6 is 11.6 Å². The fraction of sp³-hybridized carbons (Fsp3) is 0.125. The Bertz CT molecular complexity index is 919. The summed E-state index contributed by atoms with van der Waals surface area (Å²) in [6.07, 6.45) is 1.93. The molecule has 0 heterocycles. The van der Waals surface area contributed by atoms with E-state index in [1.807, 2.05) is 85.9 Å². The minimum atomic E-state index is 0.0375. The van der Waals surface area contributed by atoms with Crippen molar-refractivity contribution >= 4 is 23.5 Å². The van der Waals surface area contributed by atoms with Crippen LogP contribution in [-0.4, -0.2) is 24.3 Å². The smallest absolute Gasteiger partial charge is 0.190 e. The Kier molecular flexibility index (Phi) is 6.59. The Labute approximate surface area is 165 Å². The molecular weight excluding hydrogens is 354 g/mol. The Morgan fingerprint density at radius 1 is 0.926 bits per heavy atom. The standard InChI is InChI=1S/C24H22ClNO/c1-26(17-19-9-4-2-5-10-19)18-22(15-20-11-8-14-23(25)16-20)24(27)21-12-6-3-7-13-21/h2-16H,17-18H2,1H3/b22-15+. The van der Waals surface area contributed by atoms with E-state index in [1.54, 1.807) is 0 Å². The first-order valence-corrected chi connectivity index (χ1v) is 9.28. The van der Waals surface area contributed by atoms with Gasteiger partial charge in [0.25, 0.3) is 0 Å². The maximum Gasteiger partial charge on any atom is 0.190 e. The molecule has 0 fully saturated rings. The maximum absolute atomic E-state index is 13.1. The molecule has 2 nitrogen and oxygen atoms in total. The van der Waals surface area contributed by atoms with Crippen LogP contribution in [0.2, 0.25) is 5.02 Å². The van der Waals surface area contributed by atoms with E-state index in [1.165, 1.54) is 5.56 Å². The van der Waals surface area contributed by atoms with Crippen LogP contribution in [-0.2, 0) is 6.54 Å². The van der Waals surface area contributed by atoms with Gasteiger partial charge in [0.15, 0.2) is 5.78 Å². The molecule has 27 heavy (non-hydrogen) atoms. The summed E-state index contributed by atoms with van der Waals surface area (Å²) >= 11 is 6.11. The van der Waals surface area contributed by atoms with Crippen molar-refractivity contribution in [2.75, 3.05) is 13.6 Å². The number of rotatable bonds is 7. The van der Waals surface area contributed by atoms with Crippen LogP contribution in [0.15, 0.2) is 90.5 Å². The van der Waals surface area contributed by atoms with Gasteiger partial charge in [-0.05, 0) is 36.4 Å². The number of halogens is 1. The van der Waals surface area contributed by atoms with Gasteiger partial charge in [-0.3, -0.25) is 9.69 Å². The highest BCUT2D eigenvalue weighted by Crippen LogP contribution is 2.18. The third-order valence-corrected chi connectivity index (χ3v) is 4.49. The van der Waals surface area contributed by atoms with E-state index in [4.69, 9.17) is 11.6 Å². The van der Waals surface area contributed by atoms with Gasteiger partial charge in [0, 0.05) is 29.2 Å². The van der Waals surface area contributed by atoms with E-state index < -0.39 is 0 Å². The summed E-state index contributed by atoms with van der Waals surface area (Å²) in [5.74, 6) is 0.0375. The lowest BCUT2D eigenvalue weighted by Gasteiger charge is -2.19. The molecule has 0 aliphatic carbocycles. The normalized spacial score (nSPS) is 11.6. The van der Waals surface area contributed by atoms with Crippen LogP contribution in [0.5, 0.6) is 0 Å². The summed E-state index contributed by atoms with van der Waals surface area (Å²) in [4.78, 5) is 15.2. The molecule has 0 spiro atoms. The van der Waals surface area contributed by atoms with Crippen LogP contribution in [0.4, 0.5) is 0 Å². The van der Waals surface area contributed by atoms with E-state index in [2.05, 4.69) is 17.0 Å². The lowest BCUT2D eigenvalue weighted by atomic mass is 10.0. The van der Waals surface area contributed by atoms with Crippen LogP contribution in [0.25, 0.3) is 6.08 Å². The third kappa shape index (κ3) is 5.65. The van der Waals surface area contributed by atoms with Crippen molar-refractivity contribution in [1.82, 2.24) is 4.90 Å². The summed E-state index contributed by atoms with van der Waals surface area (Å²) in [5.41, 5.74) is 3.57. The van der Waals surface area contributed by atoms with E-state index in [0.29, 0.717) is 17.1 Å². The molecule has 136 valence electrons. The Morgan fingerprint density at radius 3 is 2.26 bits per heavy atom. The fourth-order valence-electron chi connectivity index (χ4n) is 3.00. The van der Waals surface area contributed by atoms with Crippen molar-refractivity contribution in [1.29, 1.82) is 0 Å². The van der Waals surface area contributed by atoms with Crippen molar-refractivity contribution in [2.24, 2.45) is 0 Å². The average molecular weight is 376 g/mol. The zero-order chi connectivity index (χ0) is 19.1. The van der Waals surface area contributed by atoms with Gasteiger partial charge in [0.2, 0.25) is 0 Å². The summed E-state index contributed by atoms with van der Waals surface area (Å²) in [6.45, 7) is 1.32. The van der Waals surface area contributed by atoms with Gasteiger partial charge in [-0.15, -0.1) is 0 Å². The molecule has 0 bridgehead atoms. The highest BCUT2D eigenvalue weighted by Gasteiger charge is 2.14. The number of nitrogens with zero attached hydrogens (tertiary/aromatic N) is 1. The minimum absolute atomic E-state index is 0.0375. The maximum atomic E-state index is 13.1. The molecule has 0 unspecified atom stereocenters. The lowest BCUT2D eigenvalue weighted by Crippen LogP contribution is -2.24. The molecule has 0 atom stereocenters. The molecule has 0 aliphatic rings. The molecule has 3 aromatic rings. The number of hydrogen-bond donors (Lipinski definition) is 0. The fourth-order valence-corrected chi connectivity index (χ4v) is 3.20. The number of carbonyl (C=O) groups excluding carboxylic acids is 1. The van der Waals surface area contributed by atoms with Gasteiger partial charge in [-0.2, -0.15) is 0 Å². The summed E-state index contributed by atoms with van der Waals surface area (Å²) < 4.78 is 0. The first-order chi connectivity index (χ1) is 13.1. The number of carbonyl (C=O) groups is 1. The molecule has 3 aromatic carbocycles. The summed E-state index contributed by atoms with van der Waals surface area (Å²) in [7, 11) is 2.02. The van der Waals surface area contributed by atoms with Crippen LogP contribution < -0.4 is 0 Å². The van der Waals surface area contributed by atoms with Gasteiger partial charge < -0.3 is 0 Å². The van der Waals surface area contributed by atoms with E-state index >= 15 is 0 Å². The van der Waals surface area contributed by atoms with E-state index in [0.717, 1.165) is 17.7 Å². The molecule has 0 aromatic heterocycles. The van der Waals surface area contributed by atoms with Gasteiger partial charge in [0.1, 0.15) is 0 Å². The number of hydrogen-bond acceptors (Lipinski definition) is 2. The number of Topliss-reactive ketones (excluding diaryl/α,β-unsaturated/α-hetero) is 1. The second kappa shape index (κ2) is 9.31. The number of ketones is 1. The van der Waals surface area contributed by atoms with Crippen LogP contribution in [0.1, 0.15) is 21.5 Å². The SMILES string of the molecule is CN(C/C(=C\c1cccc(Cl)c1)C(=O)c1ccccc1)Cc1ccccc1. The van der Waals surface area contributed by atoms with Crippen LogP contribution in [0, 0.1) is 0 Å². The average Bonchev–Trinajstić information content (AvgIpc) is 2.68. The van der Waals surface area contributed by atoms with Crippen molar-refractivity contribution in [2.45, 2.75) is 6.54 Å². The predicted octanol–water partition coefficient (Wildman–Crippen LogP) is 5.74. The molecule has 0 radical (unpaired) electrons. The third-order valence-electron chi connectivity index (χ3n) is 4.25. The summed E-state index contributed by atoms with van der Waals surface area (Å²) in [6, 6.07) is 27.2. The minimum Gasteiger partial charge on any atom is -0.298 e. The quantitative estimate of drug-likeness (QED) is 0.387. The highest BCUT2D eigenvalue weighted by molar-refractivity contribution is 6.30. The van der Waals surface area contributed by atoms with Crippen molar-refractivity contribution in [3.05, 3.63) is 112 Å². The predicted molar refractivity (Wildman–Crippen MR) is 113 cm³/mol. The van der Waals surface area contributed by atoms with Crippen LogP contribution in [0.3, 0.4) is 0 Å². The molecule has 3 heteroatoms. The Balaban J connectivity index is 1.86. The van der Waals surface area contributed by atoms with Gasteiger partial charge in [-0.1, -0.05) is 84.4 Å². The van der Waals surface area contributed by atoms with Crippen molar-refractivity contribution in [3.63, 3.8) is 0 Å². The Hall–Kier alpha value is -2.68. The Morgan fingerprint density at radius 2 is 1.59 bits per heavy atom. The second-order valence-electron chi connectivity index (χ2n) is 6.58. The first-order valence-electron chi connectivity index (χ1n) is 8.90. The molecule has 3 rings (SSSR count). The van der Waals surface area contributed by atoms with Crippen molar-refractivity contribution in [3.8, 4) is 0 Å². The number of benzene rings is 3. The van der Waals surface area contributed by atoms with Crippen molar-refractivity contribution < 1.29 is 4.79 Å². The largest absolute Gasteiger partial charge is 0.298 e. The molecule has 0 N–H and O–H groups in total. The molecule has 0 aliphatic heterocycles. The van der Waals surface area contributed by atoms with E-state index in [9.17, 15) is 4.79 Å². The zero-order valence-electron chi connectivity index (χ0n) is 15.3.